The first kappa shape index (κ1) is 13.6. The summed E-state index contributed by atoms with van der Waals surface area (Å²) in [6.45, 7) is 9.20. The molecule has 1 unspecified atom stereocenters. The lowest BCUT2D eigenvalue weighted by Crippen LogP contribution is -2.39. The van der Waals surface area contributed by atoms with E-state index in [0.717, 1.165) is 5.69 Å². The SMILES string of the molecule is CN1C(=O)CC(NC2C(C)(C)C2(C)C)c2ccccc21. The molecule has 1 heterocycles. The molecule has 0 aromatic heterocycles. The zero-order valence-corrected chi connectivity index (χ0v) is 13.0. The number of anilines is 1. The van der Waals surface area contributed by atoms with Crippen molar-refractivity contribution in [3.63, 3.8) is 0 Å². The van der Waals surface area contributed by atoms with E-state index in [0.29, 0.717) is 12.5 Å². The van der Waals surface area contributed by atoms with Gasteiger partial charge in [-0.3, -0.25) is 4.79 Å². The van der Waals surface area contributed by atoms with Gasteiger partial charge in [0.2, 0.25) is 5.91 Å². The fourth-order valence-corrected chi connectivity index (χ4v) is 3.61. The van der Waals surface area contributed by atoms with Gasteiger partial charge in [-0.25, -0.2) is 0 Å². The van der Waals surface area contributed by atoms with Crippen LogP contribution in [0.2, 0.25) is 0 Å². The molecule has 0 bridgehead atoms. The summed E-state index contributed by atoms with van der Waals surface area (Å²) in [4.78, 5) is 14.0. The van der Waals surface area contributed by atoms with Crippen LogP contribution >= 0.6 is 0 Å². The molecule has 1 aliphatic carbocycles. The molecule has 1 aromatic carbocycles. The molecule has 0 radical (unpaired) electrons. The third-order valence-corrected chi connectivity index (χ3v) is 5.81. The van der Waals surface area contributed by atoms with Gasteiger partial charge in [-0.15, -0.1) is 0 Å². The largest absolute Gasteiger partial charge is 0.315 e. The van der Waals surface area contributed by atoms with E-state index in [4.69, 9.17) is 0 Å². The van der Waals surface area contributed by atoms with Crippen molar-refractivity contribution in [2.75, 3.05) is 11.9 Å². The molecule has 1 aliphatic heterocycles. The first-order valence-corrected chi connectivity index (χ1v) is 7.38. The van der Waals surface area contributed by atoms with Crippen LogP contribution in [0.25, 0.3) is 0 Å². The molecule has 1 saturated carbocycles. The molecule has 0 saturated heterocycles. The minimum atomic E-state index is 0.140. The standard InChI is InChI=1S/C17H24N2O/c1-16(2)15(17(16,3)4)18-12-10-14(20)19(5)13-9-7-6-8-11(12)13/h6-9,12,15,18H,10H2,1-5H3. The summed E-state index contributed by atoms with van der Waals surface area (Å²) in [5, 5.41) is 3.73. The maximum Gasteiger partial charge on any atom is 0.228 e. The maximum atomic E-state index is 12.2. The Bertz CT molecular complexity index is 548. The number of fused-ring (bicyclic) bond motifs is 1. The van der Waals surface area contributed by atoms with Crippen molar-refractivity contribution in [3.8, 4) is 0 Å². The molecule has 1 N–H and O–H groups in total. The summed E-state index contributed by atoms with van der Waals surface area (Å²) < 4.78 is 0. The highest BCUT2D eigenvalue weighted by Gasteiger charge is 2.65. The smallest absolute Gasteiger partial charge is 0.228 e. The van der Waals surface area contributed by atoms with E-state index in [1.54, 1.807) is 4.90 Å². The molecule has 3 nitrogen and oxygen atoms in total. The third-order valence-electron chi connectivity index (χ3n) is 5.81. The molecule has 1 amide bonds. The highest BCUT2D eigenvalue weighted by molar-refractivity contribution is 5.96. The number of nitrogens with one attached hydrogen (secondary N) is 1. The van der Waals surface area contributed by atoms with Gasteiger partial charge in [-0.05, 0) is 22.5 Å². The molecule has 1 atom stereocenters. The maximum absolute atomic E-state index is 12.2. The number of amides is 1. The normalized spacial score (nSPS) is 27.4. The van der Waals surface area contributed by atoms with Gasteiger partial charge in [0.15, 0.2) is 0 Å². The fraction of sp³-hybridized carbons (Fsp3) is 0.588. The Morgan fingerprint density at radius 2 is 1.75 bits per heavy atom. The molecule has 1 fully saturated rings. The van der Waals surface area contributed by atoms with Crippen molar-refractivity contribution in [2.24, 2.45) is 10.8 Å². The van der Waals surface area contributed by atoms with Gasteiger partial charge in [-0.2, -0.15) is 0 Å². The van der Waals surface area contributed by atoms with Crippen molar-refractivity contribution in [1.29, 1.82) is 0 Å². The lowest BCUT2D eigenvalue weighted by Gasteiger charge is -2.32. The van der Waals surface area contributed by atoms with E-state index in [-0.39, 0.29) is 22.8 Å². The molecular formula is C17H24N2O. The molecule has 2 aliphatic rings. The number of carbonyl (C=O) groups is 1. The van der Waals surface area contributed by atoms with E-state index in [1.807, 2.05) is 19.2 Å². The van der Waals surface area contributed by atoms with E-state index in [1.165, 1.54) is 5.56 Å². The van der Waals surface area contributed by atoms with Crippen molar-refractivity contribution in [1.82, 2.24) is 5.32 Å². The van der Waals surface area contributed by atoms with Gasteiger partial charge in [0, 0.05) is 31.2 Å². The van der Waals surface area contributed by atoms with Crippen LogP contribution in [0.4, 0.5) is 5.69 Å². The number of nitrogens with zero attached hydrogens (tertiary/aromatic N) is 1. The van der Waals surface area contributed by atoms with Crippen LogP contribution in [0.15, 0.2) is 24.3 Å². The number of benzene rings is 1. The van der Waals surface area contributed by atoms with E-state index in [2.05, 4.69) is 45.1 Å². The third kappa shape index (κ3) is 1.72. The van der Waals surface area contributed by atoms with E-state index < -0.39 is 0 Å². The van der Waals surface area contributed by atoms with Crippen LogP contribution in [0.1, 0.15) is 45.7 Å². The molecular weight excluding hydrogens is 248 g/mol. The van der Waals surface area contributed by atoms with E-state index >= 15 is 0 Å². The first-order valence-electron chi connectivity index (χ1n) is 7.38. The van der Waals surface area contributed by atoms with Gasteiger partial charge in [-0.1, -0.05) is 45.9 Å². The summed E-state index contributed by atoms with van der Waals surface area (Å²) >= 11 is 0. The Labute approximate surface area is 121 Å². The summed E-state index contributed by atoms with van der Waals surface area (Å²) in [5.41, 5.74) is 2.86. The van der Waals surface area contributed by atoms with Crippen LogP contribution in [-0.2, 0) is 4.79 Å². The summed E-state index contributed by atoms with van der Waals surface area (Å²) in [6.07, 6.45) is 0.552. The molecule has 108 valence electrons. The highest BCUT2D eigenvalue weighted by atomic mass is 16.2. The topological polar surface area (TPSA) is 32.3 Å². The lowest BCUT2D eigenvalue weighted by atomic mass is 9.96. The Balaban J connectivity index is 1.89. The number of para-hydroxylation sites is 1. The summed E-state index contributed by atoms with van der Waals surface area (Å²) in [5.74, 6) is 0.192. The second kappa shape index (κ2) is 4.08. The zero-order chi connectivity index (χ0) is 14.7. The van der Waals surface area contributed by atoms with Gasteiger partial charge in [0.05, 0.1) is 0 Å². The lowest BCUT2D eigenvalue weighted by molar-refractivity contribution is -0.119. The van der Waals surface area contributed by atoms with Gasteiger partial charge in [0.25, 0.3) is 0 Å². The van der Waals surface area contributed by atoms with Crippen LogP contribution in [0.3, 0.4) is 0 Å². The van der Waals surface area contributed by atoms with Crippen molar-refractivity contribution in [2.45, 2.75) is 46.2 Å². The number of carbonyl (C=O) groups excluding carboxylic acids is 1. The predicted molar refractivity (Wildman–Crippen MR) is 81.7 cm³/mol. The van der Waals surface area contributed by atoms with Crippen molar-refractivity contribution in [3.05, 3.63) is 29.8 Å². The highest BCUT2D eigenvalue weighted by Crippen LogP contribution is 2.63. The van der Waals surface area contributed by atoms with E-state index in [9.17, 15) is 4.79 Å². The quantitative estimate of drug-likeness (QED) is 0.897. The Hall–Kier alpha value is -1.35. The zero-order valence-electron chi connectivity index (χ0n) is 13.0. The molecule has 1 aromatic rings. The average molecular weight is 272 g/mol. The summed E-state index contributed by atoms with van der Waals surface area (Å²) in [7, 11) is 1.86. The van der Waals surface area contributed by atoms with Crippen molar-refractivity contribution >= 4 is 11.6 Å². The van der Waals surface area contributed by atoms with Gasteiger partial charge in [0.1, 0.15) is 0 Å². The minimum Gasteiger partial charge on any atom is -0.315 e. The molecule has 3 heteroatoms. The number of rotatable bonds is 2. The van der Waals surface area contributed by atoms with Crippen LogP contribution < -0.4 is 10.2 Å². The number of hydrogen-bond acceptors (Lipinski definition) is 2. The Kier molecular flexibility index (Phi) is 2.78. The summed E-state index contributed by atoms with van der Waals surface area (Å²) in [6, 6.07) is 8.82. The minimum absolute atomic E-state index is 0.140. The molecule has 0 spiro atoms. The van der Waals surface area contributed by atoms with Gasteiger partial charge >= 0.3 is 0 Å². The monoisotopic (exact) mass is 272 g/mol. The average Bonchev–Trinajstić information content (AvgIpc) is 2.78. The van der Waals surface area contributed by atoms with Crippen molar-refractivity contribution < 1.29 is 4.79 Å². The number of hydrogen-bond donors (Lipinski definition) is 1. The van der Waals surface area contributed by atoms with Crippen LogP contribution in [0, 0.1) is 10.8 Å². The molecule has 20 heavy (non-hydrogen) atoms. The first-order chi connectivity index (χ1) is 9.26. The molecule has 3 rings (SSSR count). The Morgan fingerprint density at radius 1 is 1.15 bits per heavy atom. The second-order valence-corrected chi connectivity index (χ2v) is 7.31. The second-order valence-electron chi connectivity index (χ2n) is 7.31. The predicted octanol–water partition coefficient (Wildman–Crippen LogP) is 3.12. The van der Waals surface area contributed by atoms with Crippen LogP contribution in [0.5, 0.6) is 0 Å². The van der Waals surface area contributed by atoms with Crippen LogP contribution in [-0.4, -0.2) is 19.0 Å². The van der Waals surface area contributed by atoms with Gasteiger partial charge < -0.3 is 10.2 Å². The Morgan fingerprint density at radius 3 is 2.35 bits per heavy atom. The fourth-order valence-electron chi connectivity index (χ4n) is 3.61.